The van der Waals surface area contributed by atoms with Gasteiger partial charge in [0.2, 0.25) is 0 Å². The third-order valence-electron chi connectivity index (χ3n) is 2.79. The van der Waals surface area contributed by atoms with E-state index in [1.165, 1.54) is 25.3 Å². The number of methoxy groups -OCH3 is 1. The summed E-state index contributed by atoms with van der Waals surface area (Å²) < 4.78 is 4.65. The molecule has 0 radical (unpaired) electrons. The van der Waals surface area contributed by atoms with E-state index in [0.29, 0.717) is 5.69 Å². The molecule has 21 heavy (non-hydrogen) atoms. The van der Waals surface area contributed by atoms with Crippen molar-refractivity contribution in [3.05, 3.63) is 58.6 Å². The molecule has 0 atom stereocenters. The van der Waals surface area contributed by atoms with E-state index in [2.05, 4.69) is 10.1 Å². The number of aromatic hydroxyl groups is 1. The number of amides is 1. The Morgan fingerprint density at radius 2 is 1.90 bits per heavy atom. The predicted octanol–water partition coefficient (Wildman–Crippen LogP) is 3.08. The van der Waals surface area contributed by atoms with Gasteiger partial charge in [-0.15, -0.1) is 0 Å². The van der Waals surface area contributed by atoms with Gasteiger partial charge in [0.05, 0.1) is 23.4 Å². The van der Waals surface area contributed by atoms with Crippen LogP contribution in [-0.4, -0.2) is 24.1 Å². The molecule has 0 unspecified atom stereocenters. The second kappa shape index (κ2) is 6.28. The van der Waals surface area contributed by atoms with E-state index in [4.69, 9.17) is 11.6 Å². The lowest BCUT2D eigenvalue weighted by Crippen LogP contribution is -2.15. The summed E-state index contributed by atoms with van der Waals surface area (Å²) in [5, 5.41) is 12.0. The smallest absolute Gasteiger partial charge is 0.339 e. The van der Waals surface area contributed by atoms with Crippen LogP contribution < -0.4 is 5.32 Å². The number of ether oxygens (including phenoxy) is 1. The van der Waals surface area contributed by atoms with E-state index >= 15 is 0 Å². The maximum atomic E-state index is 12.1. The number of phenols is 1. The van der Waals surface area contributed by atoms with E-state index < -0.39 is 11.9 Å². The minimum atomic E-state index is -0.547. The average molecular weight is 306 g/mol. The lowest BCUT2D eigenvalue weighted by Gasteiger charge is -2.10. The number of anilines is 1. The molecule has 6 heteroatoms. The minimum absolute atomic E-state index is 0.0731. The zero-order valence-electron chi connectivity index (χ0n) is 11.1. The number of para-hydroxylation sites is 1. The van der Waals surface area contributed by atoms with Gasteiger partial charge in [0.25, 0.3) is 5.91 Å². The summed E-state index contributed by atoms with van der Waals surface area (Å²) >= 11 is 5.76. The third kappa shape index (κ3) is 3.32. The first kappa shape index (κ1) is 14.9. The summed E-state index contributed by atoms with van der Waals surface area (Å²) in [6.45, 7) is 0. The Morgan fingerprint density at radius 3 is 2.57 bits per heavy atom. The van der Waals surface area contributed by atoms with Crippen molar-refractivity contribution in [3.8, 4) is 5.75 Å². The molecule has 0 bridgehead atoms. The molecule has 0 saturated carbocycles. The minimum Gasteiger partial charge on any atom is -0.506 e. The highest BCUT2D eigenvalue weighted by atomic mass is 35.5. The van der Waals surface area contributed by atoms with E-state index in [-0.39, 0.29) is 21.9 Å². The number of benzene rings is 2. The van der Waals surface area contributed by atoms with Crippen molar-refractivity contribution in [1.29, 1.82) is 0 Å². The van der Waals surface area contributed by atoms with Crippen LogP contribution in [0.5, 0.6) is 5.75 Å². The van der Waals surface area contributed by atoms with Crippen LogP contribution in [0.4, 0.5) is 5.69 Å². The number of phenolic OH excluding ortho intramolecular Hbond substituents is 1. The van der Waals surface area contributed by atoms with E-state index in [9.17, 15) is 14.7 Å². The highest BCUT2D eigenvalue weighted by Gasteiger charge is 2.14. The van der Waals surface area contributed by atoms with Crippen LogP contribution in [0.1, 0.15) is 20.7 Å². The molecule has 5 nitrogen and oxygen atoms in total. The van der Waals surface area contributed by atoms with Crippen LogP contribution in [0, 0.1) is 0 Å². The number of carbonyl (C=O) groups excluding carboxylic acids is 2. The lowest BCUT2D eigenvalue weighted by molar-refractivity contribution is 0.0602. The molecular weight excluding hydrogens is 294 g/mol. The fraction of sp³-hybridized carbons (Fsp3) is 0.0667. The van der Waals surface area contributed by atoms with Crippen molar-refractivity contribution in [3.63, 3.8) is 0 Å². The highest BCUT2D eigenvalue weighted by Crippen LogP contribution is 2.24. The van der Waals surface area contributed by atoms with Crippen LogP contribution >= 0.6 is 11.6 Å². The van der Waals surface area contributed by atoms with Crippen LogP contribution in [0.15, 0.2) is 42.5 Å². The normalized spacial score (nSPS) is 10.0. The Hall–Kier alpha value is -2.53. The van der Waals surface area contributed by atoms with Gasteiger partial charge < -0.3 is 15.2 Å². The zero-order chi connectivity index (χ0) is 15.4. The summed E-state index contributed by atoms with van der Waals surface area (Å²) in [5.74, 6) is -1.11. The molecule has 0 aliphatic carbocycles. The van der Waals surface area contributed by atoms with Gasteiger partial charge in [0, 0.05) is 5.56 Å². The SMILES string of the molecule is COC(=O)c1ccccc1NC(=O)c1ccc(O)c(Cl)c1. The lowest BCUT2D eigenvalue weighted by atomic mass is 10.1. The molecular formula is C15H12ClNO4. The molecule has 108 valence electrons. The number of hydrogen-bond acceptors (Lipinski definition) is 4. The fourth-order valence-electron chi connectivity index (χ4n) is 1.72. The topological polar surface area (TPSA) is 75.6 Å². The van der Waals surface area contributed by atoms with Gasteiger partial charge in [-0.3, -0.25) is 4.79 Å². The Labute approximate surface area is 126 Å². The summed E-state index contributed by atoms with van der Waals surface area (Å²) in [6, 6.07) is 10.6. The molecule has 1 amide bonds. The molecule has 0 heterocycles. The summed E-state index contributed by atoms with van der Waals surface area (Å²) in [4.78, 5) is 23.8. The summed E-state index contributed by atoms with van der Waals surface area (Å²) in [7, 11) is 1.26. The van der Waals surface area contributed by atoms with E-state index in [0.717, 1.165) is 0 Å². The van der Waals surface area contributed by atoms with Gasteiger partial charge in [-0.1, -0.05) is 23.7 Å². The maximum absolute atomic E-state index is 12.1. The standard InChI is InChI=1S/C15H12ClNO4/c1-21-15(20)10-4-2-3-5-12(10)17-14(19)9-6-7-13(18)11(16)8-9/h2-8,18H,1H3,(H,17,19). The number of nitrogens with one attached hydrogen (secondary N) is 1. The number of halogens is 1. The zero-order valence-corrected chi connectivity index (χ0v) is 11.8. The van der Waals surface area contributed by atoms with Gasteiger partial charge in [0.1, 0.15) is 5.75 Å². The number of carbonyl (C=O) groups is 2. The Kier molecular flexibility index (Phi) is 4.45. The van der Waals surface area contributed by atoms with Gasteiger partial charge in [-0.25, -0.2) is 4.79 Å². The predicted molar refractivity (Wildman–Crippen MR) is 78.9 cm³/mol. The number of hydrogen-bond donors (Lipinski definition) is 2. The summed E-state index contributed by atoms with van der Waals surface area (Å²) in [6.07, 6.45) is 0. The first-order chi connectivity index (χ1) is 10.0. The highest BCUT2D eigenvalue weighted by molar-refractivity contribution is 6.32. The molecule has 0 aliphatic heterocycles. The Balaban J connectivity index is 2.27. The second-order valence-corrected chi connectivity index (χ2v) is 4.56. The Morgan fingerprint density at radius 1 is 1.19 bits per heavy atom. The van der Waals surface area contributed by atoms with Gasteiger partial charge in [-0.05, 0) is 30.3 Å². The largest absolute Gasteiger partial charge is 0.506 e. The molecule has 2 aromatic rings. The van der Waals surface area contributed by atoms with Crippen molar-refractivity contribution in [2.45, 2.75) is 0 Å². The Bertz CT molecular complexity index is 700. The fourth-order valence-corrected chi connectivity index (χ4v) is 1.90. The van der Waals surface area contributed by atoms with Crippen molar-refractivity contribution >= 4 is 29.2 Å². The quantitative estimate of drug-likeness (QED) is 0.854. The van der Waals surface area contributed by atoms with Crippen LogP contribution in [0.2, 0.25) is 5.02 Å². The molecule has 0 fully saturated rings. The number of rotatable bonds is 3. The van der Waals surface area contributed by atoms with Crippen molar-refractivity contribution in [1.82, 2.24) is 0 Å². The molecule has 0 spiro atoms. The summed E-state index contributed by atoms with van der Waals surface area (Å²) in [5.41, 5.74) is 0.842. The number of esters is 1. The van der Waals surface area contributed by atoms with Crippen molar-refractivity contribution in [2.24, 2.45) is 0 Å². The molecule has 0 saturated heterocycles. The molecule has 0 aromatic heterocycles. The molecule has 2 rings (SSSR count). The van der Waals surface area contributed by atoms with Crippen LogP contribution in [0.25, 0.3) is 0 Å². The monoisotopic (exact) mass is 305 g/mol. The second-order valence-electron chi connectivity index (χ2n) is 4.16. The van der Waals surface area contributed by atoms with Crippen molar-refractivity contribution < 1.29 is 19.4 Å². The first-order valence-electron chi connectivity index (χ1n) is 6.00. The van der Waals surface area contributed by atoms with Crippen LogP contribution in [-0.2, 0) is 4.74 Å². The maximum Gasteiger partial charge on any atom is 0.339 e. The van der Waals surface area contributed by atoms with Gasteiger partial charge >= 0.3 is 5.97 Å². The van der Waals surface area contributed by atoms with E-state index in [1.807, 2.05) is 0 Å². The average Bonchev–Trinajstić information content (AvgIpc) is 2.49. The van der Waals surface area contributed by atoms with Crippen molar-refractivity contribution in [2.75, 3.05) is 12.4 Å². The van der Waals surface area contributed by atoms with Gasteiger partial charge in [-0.2, -0.15) is 0 Å². The third-order valence-corrected chi connectivity index (χ3v) is 3.09. The molecule has 0 aliphatic rings. The van der Waals surface area contributed by atoms with Crippen LogP contribution in [0.3, 0.4) is 0 Å². The van der Waals surface area contributed by atoms with E-state index in [1.54, 1.807) is 24.3 Å². The first-order valence-corrected chi connectivity index (χ1v) is 6.38. The molecule has 2 aromatic carbocycles. The molecule has 2 N–H and O–H groups in total. The van der Waals surface area contributed by atoms with Gasteiger partial charge in [0.15, 0.2) is 0 Å².